The molecule has 4 nitrogen and oxygen atoms in total. The quantitative estimate of drug-likeness (QED) is 0.797. The molecular weight excluding hydrogens is 249 g/mol. The first-order valence-electron chi connectivity index (χ1n) is 4.88. The number of benzene rings is 1. The molecule has 0 aliphatic heterocycles. The Balaban J connectivity index is 2.18. The summed E-state index contributed by atoms with van der Waals surface area (Å²) < 4.78 is 22.4. The average Bonchev–Trinajstić information content (AvgIpc) is 2.27. The third-order valence-electron chi connectivity index (χ3n) is 1.85. The number of ether oxygens (including phenoxy) is 2. The highest BCUT2D eigenvalue weighted by Crippen LogP contribution is 2.16. The first-order chi connectivity index (χ1) is 8.09. The maximum Gasteiger partial charge on any atom is 0.404 e. The van der Waals surface area contributed by atoms with Gasteiger partial charge in [-0.15, -0.1) is 0 Å². The fraction of sp³-hybridized carbons (Fsp3) is 0.273. The molecule has 1 amide bonds. The minimum atomic E-state index is -0.831. The Morgan fingerprint density at radius 3 is 2.88 bits per heavy atom. The Labute approximate surface area is 103 Å². The van der Waals surface area contributed by atoms with E-state index in [0.29, 0.717) is 6.61 Å². The van der Waals surface area contributed by atoms with E-state index in [-0.39, 0.29) is 18.2 Å². The van der Waals surface area contributed by atoms with Gasteiger partial charge in [0.2, 0.25) is 0 Å². The van der Waals surface area contributed by atoms with Crippen LogP contribution in [0.5, 0.6) is 0 Å². The third-order valence-corrected chi connectivity index (χ3v) is 2.14. The van der Waals surface area contributed by atoms with Crippen molar-refractivity contribution in [1.29, 1.82) is 0 Å². The van der Waals surface area contributed by atoms with Gasteiger partial charge < -0.3 is 15.2 Å². The van der Waals surface area contributed by atoms with Crippen LogP contribution in [0.1, 0.15) is 5.56 Å². The van der Waals surface area contributed by atoms with E-state index in [2.05, 4.69) is 4.74 Å². The molecule has 2 N–H and O–H groups in total. The van der Waals surface area contributed by atoms with E-state index in [1.54, 1.807) is 12.5 Å². The predicted octanol–water partition coefficient (Wildman–Crippen LogP) is 2.14. The van der Waals surface area contributed by atoms with Crippen molar-refractivity contribution in [2.75, 3.05) is 19.8 Å². The van der Waals surface area contributed by atoms with E-state index >= 15 is 0 Å². The van der Waals surface area contributed by atoms with Crippen LogP contribution >= 0.6 is 11.6 Å². The molecule has 1 radical (unpaired) electrons. The Kier molecular flexibility index (Phi) is 5.72. The van der Waals surface area contributed by atoms with Gasteiger partial charge >= 0.3 is 6.09 Å². The van der Waals surface area contributed by atoms with Crippen LogP contribution < -0.4 is 5.73 Å². The summed E-state index contributed by atoms with van der Waals surface area (Å²) >= 11 is 5.60. The number of nitrogens with two attached hydrogens (primary N) is 1. The number of rotatable bonds is 6. The minimum absolute atomic E-state index is 0.0656. The number of primary amides is 1. The van der Waals surface area contributed by atoms with Crippen LogP contribution in [0.2, 0.25) is 5.02 Å². The summed E-state index contributed by atoms with van der Waals surface area (Å²) in [5, 5.41) is 0.0656. The summed E-state index contributed by atoms with van der Waals surface area (Å²) in [6, 6.07) is 4.37. The molecule has 0 unspecified atom stereocenters. The molecular formula is C11H12ClFNO3. The Hall–Kier alpha value is -1.33. The molecule has 0 atom stereocenters. The molecule has 17 heavy (non-hydrogen) atoms. The van der Waals surface area contributed by atoms with Crippen molar-refractivity contribution in [3.8, 4) is 0 Å². The fourth-order valence-electron chi connectivity index (χ4n) is 1.08. The van der Waals surface area contributed by atoms with Crippen molar-refractivity contribution in [2.24, 2.45) is 5.73 Å². The van der Waals surface area contributed by atoms with Crippen LogP contribution in [0.4, 0.5) is 9.18 Å². The van der Waals surface area contributed by atoms with Crippen molar-refractivity contribution in [2.45, 2.75) is 0 Å². The van der Waals surface area contributed by atoms with Gasteiger partial charge in [-0.1, -0.05) is 17.7 Å². The second kappa shape index (κ2) is 7.09. The molecule has 0 saturated heterocycles. The fourth-order valence-corrected chi connectivity index (χ4v) is 1.27. The highest BCUT2D eigenvalue weighted by molar-refractivity contribution is 6.30. The monoisotopic (exact) mass is 260 g/mol. The molecule has 0 aliphatic rings. The van der Waals surface area contributed by atoms with Gasteiger partial charge in [0.15, 0.2) is 0 Å². The maximum atomic E-state index is 12.8. The second-order valence-electron chi connectivity index (χ2n) is 3.12. The van der Waals surface area contributed by atoms with Crippen molar-refractivity contribution < 1.29 is 18.7 Å². The highest BCUT2D eigenvalue weighted by atomic mass is 35.5. The number of carbonyl (C=O) groups is 1. The topological polar surface area (TPSA) is 61.6 Å². The highest BCUT2D eigenvalue weighted by Gasteiger charge is 2.01. The summed E-state index contributed by atoms with van der Waals surface area (Å²) in [6.45, 7) is 0.659. The smallest absolute Gasteiger partial charge is 0.404 e. The Bertz CT molecular complexity index is 387. The van der Waals surface area contributed by atoms with E-state index in [9.17, 15) is 9.18 Å². The van der Waals surface area contributed by atoms with Crippen molar-refractivity contribution in [1.82, 2.24) is 0 Å². The van der Waals surface area contributed by atoms with E-state index < -0.39 is 11.9 Å². The molecule has 6 heteroatoms. The first-order valence-corrected chi connectivity index (χ1v) is 5.25. The van der Waals surface area contributed by atoms with E-state index in [1.807, 2.05) is 0 Å². The molecule has 0 saturated carbocycles. The van der Waals surface area contributed by atoms with Crippen LogP contribution in [0.25, 0.3) is 0 Å². The summed E-state index contributed by atoms with van der Waals surface area (Å²) in [5.41, 5.74) is 5.51. The third kappa shape index (κ3) is 5.51. The molecule has 1 aromatic carbocycles. The Morgan fingerprint density at radius 2 is 2.24 bits per heavy atom. The van der Waals surface area contributed by atoms with Gasteiger partial charge in [-0.2, -0.15) is 0 Å². The molecule has 0 heterocycles. The zero-order chi connectivity index (χ0) is 12.7. The van der Waals surface area contributed by atoms with Crippen molar-refractivity contribution in [3.05, 3.63) is 41.0 Å². The maximum absolute atomic E-state index is 12.8. The number of hydrogen-bond acceptors (Lipinski definition) is 3. The number of carbonyl (C=O) groups excluding carboxylic acids is 1. The lowest BCUT2D eigenvalue weighted by molar-refractivity contribution is 0.0870. The standard InChI is InChI=1S/C11H12ClFNO3/c12-9-7-8(1-2-10(9)13)3-4-16-5-6-17-11(14)15/h1-3,7H,4-6H2,(H2,14,15). The molecule has 0 aromatic heterocycles. The molecule has 0 aliphatic carbocycles. The van der Waals surface area contributed by atoms with Crippen LogP contribution in [0, 0.1) is 12.2 Å². The Morgan fingerprint density at radius 1 is 1.47 bits per heavy atom. The van der Waals surface area contributed by atoms with Gasteiger partial charge in [0.1, 0.15) is 12.4 Å². The summed E-state index contributed by atoms with van der Waals surface area (Å²) in [6.07, 6.45) is 0.901. The van der Waals surface area contributed by atoms with E-state index in [4.69, 9.17) is 22.1 Å². The molecule has 1 rings (SSSR count). The molecule has 0 fully saturated rings. The largest absolute Gasteiger partial charge is 0.447 e. The normalized spacial score (nSPS) is 10.2. The van der Waals surface area contributed by atoms with Crippen LogP contribution in [0.3, 0.4) is 0 Å². The van der Waals surface area contributed by atoms with Gasteiger partial charge in [-0.05, 0) is 17.7 Å². The molecule has 1 aromatic rings. The van der Waals surface area contributed by atoms with Crippen LogP contribution in [-0.4, -0.2) is 25.9 Å². The lowest BCUT2D eigenvalue weighted by atomic mass is 10.1. The molecule has 0 bridgehead atoms. The number of amides is 1. The van der Waals surface area contributed by atoms with Gasteiger partial charge in [0, 0.05) is 6.42 Å². The minimum Gasteiger partial charge on any atom is -0.447 e. The van der Waals surface area contributed by atoms with Gasteiger partial charge in [0.25, 0.3) is 0 Å². The lowest BCUT2D eigenvalue weighted by Gasteiger charge is -2.05. The van der Waals surface area contributed by atoms with E-state index in [1.165, 1.54) is 12.1 Å². The van der Waals surface area contributed by atoms with E-state index in [0.717, 1.165) is 5.56 Å². The van der Waals surface area contributed by atoms with Gasteiger partial charge in [0.05, 0.1) is 18.2 Å². The molecule has 93 valence electrons. The van der Waals surface area contributed by atoms with Gasteiger partial charge in [-0.3, -0.25) is 0 Å². The SMILES string of the molecule is NC(=O)OCCOC[CH]c1ccc(F)c(Cl)c1. The number of hydrogen-bond donors (Lipinski definition) is 1. The second-order valence-corrected chi connectivity index (χ2v) is 3.53. The van der Waals surface area contributed by atoms with Crippen LogP contribution in [0.15, 0.2) is 18.2 Å². The summed E-state index contributed by atoms with van der Waals surface area (Å²) in [4.78, 5) is 10.2. The average molecular weight is 261 g/mol. The lowest BCUT2D eigenvalue weighted by Crippen LogP contribution is -2.16. The predicted molar refractivity (Wildman–Crippen MR) is 61.2 cm³/mol. The number of halogens is 2. The first kappa shape index (κ1) is 13.7. The summed E-state index contributed by atoms with van der Waals surface area (Å²) in [5.74, 6) is -0.459. The molecule has 0 spiro atoms. The zero-order valence-electron chi connectivity index (χ0n) is 8.99. The van der Waals surface area contributed by atoms with Gasteiger partial charge in [-0.25, -0.2) is 9.18 Å². The van der Waals surface area contributed by atoms with Crippen LogP contribution in [-0.2, 0) is 9.47 Å². The van der Waals surface area contributed by atoms with Crippen molar-refractivity contribution >= 4 is 17.7 Å². The van der Waals surface area contributed by atoms with Crippen molar-refractivity contribution in [3.63, 3.8) is 0 Å². The zero-order valence-corrected chi connectivity index (χ0v) is 9.74. The summed E-state index contributed by atoms with van der Waals surface area (Å²) in [7, 11) is 0.